The molecule has 12 nitrogen and oxygen atoms in total. The summed E-state index contributed by atoms with van der Waals surface area (Å²) in [4.78, 5) is 34.6. The molecule has 2 unspecified atom stereocenters. The Bertz CT molecular complexity index is 1300. The molecule has 0 spiro atoms. The van der Waals surface area contributed by atoms with E-state index in [1.807, 2.05) is 11.2 Å². The number of hydrogen-bond acceptors (Lipinski definition) is 10. The Labute approximate surface area is 260 Å². The van der Waals surface area contributed by atoms with Crippen molar-refractivity contribution in [2.24, 2.45) is 0 Å². The molecule has 0 aromatic carbocycles. The van der Waals surface area contributed by atoms with E-state index in [0.717, 1.165) is 94.9 Å². The predicted octanol–water partition coefficient (Wildman–Crippen LogP) is 3.88. The summed E-state index contributed by atoms with van der Waals surface area (Å²) < 4.78 is 13.8. The number of amides is 1. The minimum atomic E-state index is -0.133. The lowest BCUT2D eigenvalue weighted by molar-refractivity contribution is -0.0306. The first-order chi connectivity index (χ1) is 21.5. The van der Waals surface area contributed by atoms with Crippen LogP contribution >= 0.6 is 0 Å². The zero-order chi connectivity index (χ0) is 30.0. The van der Waals surface area contributed by atoms with Gasteiger partial charge in [-0.1, -0.05) is 25.0 Å². The van der Waals surface area contributed by atoms with Gasteiger partial charge in [0.05, 0.1) is 6.33 Å². The number of likely N-dealkylation sites (tertiary alicyclic amines) is 1. The number of carbonyl (C=O) groups is 1. The van der Waals surface area contributed by atoms with E-state index >= 15 is 0 Å². The van der Waals surface area contributed by atoms with Gasteiger partial charge in [-0.15, -0.1) is 0 Å². The second-order valence-corrected chi connectivity index (χ2v) is 13.8. The quantitative estimate of drug-likeness (QED) is 0.386. The SMILES string of the molecule is CN(C)C/C=C/CN1CC(OC(=O)N2C3CCC2CC(Nc2nc(NC4CCOCC4)nc4c2ncn4C2CCCC2)C3)C1. The molecule has 5 fully saturated rings. The van der Waals surface area contributed by atoms with Crippen LogP contribution in [0.2, 0.25) is 0 Å². The smallest absolute Gasteiger partial charge is 0.410 e. The fourth-order valence-corrected chi connectivity index (χ4v) is 7.80. The molecule has 2 aromatic rings. The second-order valence-electron chi connectivity index (χ2n) is 13.8. The Hall–Kier alpha value is -2.96. The van der Waals surface area contributed by atoms with Crippen molar-refractivity contribution in [1.29, 1.82) is 0 Å². The summed E-state index contributed by atoms with van der Waals surface area (Å²) in [5, 5.41) is 7.38. The first-order valence-corrected chi connectivity index (χ1v) is 16.9. The van der Waals surface area contributed by atoms with Gasteiger partial charge in [0.15, 0.2) is 17.0 Å². The third-order valence-electron chi connectivity index (χ3n) is 10.2. The van der Waals surface area contributed by atoms with Crippen molar-refractivity contribution in [2.45, 2.75) is 101 Å². The predicted molar refractivity (Wildman–Crippen MR) is 170 cm³/mol. The van der Waals surface area contributed by atoms with Crippen molar-refractivity contribution in [1.82, 2.24) is 34.2 Å². The van der Waals surface area contributed by atoms with E-state index in [9.17, 15) is 4.79 Å². The van der Waals surface area contributed by atoms with Gasteiger partial charge in [0.25, 0.3) is 0 Å². The van der Waals surface area contributed by atoms with Gasteiger partial charge in [-0.2, -0.15) is 9.97 Å². The minimum absolute atomic E-state index is 0.00840. The Morgan fingerprint density at radius 3 is 2.45 bits per heavy atom. The van der Waals surface area contributed by atoms with Crippen LogP contribution in [0.3, 0.4) is 0 Å². The fourth-order valence-electron chi connectivity index (χ4n) is 7.80. The van der Waals surface area contributed by atoms with Crippen LogP contribution in [0, 0.1) is 0 Å². The lowest BCUT2D eigenvalue weighted by atomic mass is 9.97. The van der Waals surface area contributed by atoms with Crippen LogP contribution in [0.15, 0.2) is 18.5 Å². The topological polar surface area (TPSA) is 113 Å². The molecule has 4 saturated heterocycles. The molecular weight excluding hydrogens is 558 g/mol. The number of anilines is 2. The highest BCUT2D eigenvalue weighted by Crippen LogP contribution is 2.39. The fraction of sp³-hybridized carbons (Fsp3) is 0.750. The Kier molecular flexibility index (Phi) is 8.91. The average Bonchev–Trinajstić information content (AvgIpc) is 3.72. The number of nitrogens with zero attached hydrogens (tertiary/aromatic N) is 7. The number of piperidine rings is 1. The largest absolute Gasteiger partial charge is 0.443 e. The molecule has 2 bridgehead atoms. The number of nitrogens with one attached hydrogen (secondary N) is 2. The number of carbonyl (C=O) groups excluding carboxylic acids is 1. The Balaban J connectivity index is 0.992. The van der Waals surface area contributed by atoms with Gasteiger partial charge >= 0.3 is 6.09 Å². The average molecular weight is 608 g/mol. The highest BCUT2D eigenvalue weighted by molar-refractivity contribution is 5.84. The maximum absolute atomic E-state index is 13.3. The van der Waals surface area contributed by atoms with Crippen LogP contribution in [0.4, 0.5) is 16.6 Å². The van der Waals surface area contributed by atoms with Gasteiger partial charge in [0, 0.05) is 69.6 Å². The summed E-state index contributed by atoms with van der Waals surface area (Å²) >= 11 is 0. The molecule has 2 aromatic heterocycles. The zero-order valence-corrected chi connectivity index (χ0v) is 26.4. The number of imidazole rings is 1. The summed E-state index contributed by atoms with van der Waals surface area (Å²) in [5.41, 5.74) is 1.75. The van der Waals surface area contributed by atoms with Crippen molar-refractivity contribution in [3.8, 4) is 0 Å². The van der Waals surface area contributed by atoms with Crippen LogP contribution in [0.25, 0.3) is 11.2 Å². The summed E-state index contributed by atoms with van der Waals surface area (Å²) in [6, 6.07) is 1.36. The standard InChI is InChI=1S/C32H49N9O3/c1-38(2)13-5-6-14-39-19-27(20-39)44-32(42)41-25-9-10-26(41)18-23(17-25)34-29-28-30(40(21-33-28)24-7-3-4-8-24)37-31(36-29)35-22-11-15-43-16-12-22/h5-6,21-27H,3-4,7-20H2,1-2H3,(H2,34,35,36,37)/b6-5+. The Morgan fingerprint density at radius 2 is 1.73 bits per heavy atom. The molecule has 7 rings (SSSR count). The van der Waals surface area contributed by atoms with Crippen LogP contribution in [-0.4, -0.2) is 124 Å². The van der Waals surface area contributed by atoms with E-state index in [2.05, 4.69) is 51.2 Å². The summed E-state index contributed by atoms with van der Waals surface area (Å²) in [5.74, 6) is 1.47. The third kappa shape index (κ3) is 6.53. The van der Waals surface area contributed by atoms with Crippen LogP contribution < -0.4 is 10.6 Å². The number of ether oxygens (including phenoxy) is 2. The van der Waals surface area contributed by atoms with Gasteiger partial charge in [0.1, 0.15) is 6.10 Å². The van der Waals surface area contributed by atoms with E-state index in [1.165, 1.54) is 25.7 Å². The first kappa shape index (κ1) is 29.7. The van der Waals surface area contributed by atoms with Crippen LogP contribution in [0.1, 0.15) is 70.3 Å². The lowest BCUT2D eigenvalue weighted by Crippen LogP contribution is -2.56. The normalized spacial score (nSPS) is 27.1. The molecule has 1 amide bonds. The van der Waals surface area contributed by atoms with Gasteiger partial charge in [-0.3, -0.25) is 4.90 Å². The van der Waals surface area contributed by atoms with E-state index in [-0.39, 0.29) is 30.3 Å². The molecular formula is C32H49N9O3. The number of rotatable bonds is 10. The third-order valence-corrected chi connectivity index (χ3v) is 10.2. The summed E-state index contributed by atoms with van der Waals surface area (Å²) in [6.45, 7) is 5.01. The highest BCUT2D eigenvalue weighted by atomic mass is 16.6. The maximum Gasteiger partial charge on any atom is 0.410 e. The highest BCUT2D eigenvalue weighted by Gasteiger charge is 2.45. The van der Waals surface area contributed by atoms with Crippen molar-refractivity contribution in [3.63, 3.8) is 0 Å². The van der Waals surface area contributed by atoms with Crippen LogP contribution in [-0.2, 0) is 9.47 Å². The molecule has 0 radical (unpaired) electrons. The number of fused-ring (bicyclic) bond motifs is 3. The maximum atomic E-state index is 13.3. The molecule has 6 heterocycles. The van der Waals surface area contributed by atoms with Crippen LogP contribution in [0.5, 0.6) is 0 Å². The number of hydrogen-bond donors (Lipinski definition) is 2. The molecule has 240 valence electrons. The van der Waals surface area contributed by atoms with Crippen molar-refractivity contribution < 1.29 is 14.3 Å². The van der Waals surface area contributed by atoms with E-state index in [0.29, 0.717) is 18.0 Å². The van der Waals surface area contributed by atoms with Gasteiger partial charge < -0.3 is 34.5 Å². The molecule has 44 heavy (non-hydrogen) atoms. The molecule has 1 saturated carbocycles. The zero-order valence-electron chi connectivity index (χ0n) is 26.4. The second kappa shape index (κ2) is 13.2. The molecule has 2 N–H and O–H groups in total. The van der Waals surface area contributed by atoms with Gasteiger partial charge in [-0.05, 0) is 65.5 Å². The Morgan fingerprint density at radius 1 is 0.977 bits per heavy atom. The van der Waals surface area contributed by atoms with Crippen molar-refractivity contribution >= 4 is 29.0 Å². The molecule has 2 atom stereocenters. The van der Waals surface area contributed by atoms with E-state index < -0.39 is 0 Å². The van der Waals surface area contributed by atoms with Gasteiger partial charge in [0.2, 0.25) is 5.95 Å². The van der Waals surface area contributed by atoms with Crippen molar-refractivity contribution in [2.75, 3.05) is 64.1 Å². The number of aromatic nitrogens is 4. The van der Waals surface area contributed by atoms with Gasteiger partial charge in [-0.25, -0.2) is 9.78 Å². The molecule has 1 aliphatic carbocycles. The first-order valence-electron chi connectivity index (χ1n) is 16.9. The molecule has 5 aliphatic rings. The van der Waals surface area contributed by atoms with E-state index in [1.54, 1.807) is 0 Å². The monoisotopic (exact) mass is 607 g/mol. The molecule has 4 aliphatic heterocycles. The summed E-state index contributed by atoms with van der Waals surface area (Å²) in [7, 11) is 4.14. The summed E-state index contributed by atoms with van der Waals surface area (Å²) in [6.07, 6.45) is 16.8. The molecule has 12 heteroatoms. The number of likely N-dealkylation sites (N-methyl/N-ethyl adjacent to an activating group) is 1. The van der Waals surface area contributed by atoms with E-state index in [4.69, 9.17) is 24.4 Å². The lowest BCUT2D eigenvalue weighted by Gasteiger charge is -2.42. The van der Waals surface area contributed by atoms with Crippen molar-refractivity contribution in [3.05, 3.63) is 18.5 Å². The minimum Gasteiger partial charge on any atom is -0.443 e.